The van der Waals surface area contributed by atoms with Crippen LogP contribution in [0.25, 0.3) is 0 Å². The summed E-state index contributed by atoms with van der Waals surface area (Å²) < 4.78 is 7.47. The van der Waals surface area contributed by atoms with E-state index in [1.54, 1.807) is 4.68 Å². The number of nitrogens with zero attached hydrogens (tertiary/aromatic N) is 2. The molecule has 3 N–H and O–H groups in total. The predicted octanol–water partition coefficient (Wildman–Crippen LogP) is -1.18. The van der Waals surface area contributed by atoms with Gasteiger partial charge >= 0.3 is 0 Å². The molecule has 4 rings (SSSR count). The van der Waals surface area contributed by atoms with Crippen molar-refractivity contribution in [2.24, 2.45) is 0 Å². The van der Waals surface area contributed by atoms with E-state index in [0.717, 1.165) is 51.3 Å². The molecular weight excluding hydrogens is 362 g/mol. The summed E-state index contributed by atoms with van der Waals surface area (Å²) in [6, 6.07) is 10.6. The minimum atomic E-state index is 0.195. The van der Waals surface area contributed by atoms with Gasteiger partial charge in [-0.15, -0.1) is 5.10 Å². The van der Waals surface area contributed by atoms with Gasteiger partial charge in [0.2, 0.25) is 5.89 Å². The second-order valence-electron chi connectivity index (χ2n) is 7.60. The summed E-state index contributed by atoms with van der Waals surface area (Å²) in [6.45, 7) is 5.32. The van der Waals surface area contributed by atoms with Gasteiger partial charge in [-0.25, -0.2) is 0 Å². The first-order valence-corrected chi connectivity index (χ1v) is 10.1. The fourth-order valence-electron chi connectivity index (χ4n) is 3.53. The molecule has 1 saturated carbocycles. The number of carbonyl (C=O) groups excluding carboxylic acids is 1. The van der Waals surface area contributed by atoms with Gasteiger partial charge < -0.3 is 19.5 Å². The van der Waals surface area contributed by atoms with Crippen LogP contribution in [0.2, 0.25) is 0 Å². The van der Waals surface area contributed by atoms with E-state index in [1.807, 2.05) is 18.2 Å². The van der Waals surface area contributed by atoms with Gasteiger partial charge in [0.1, 0.15) is 26.2 Å². The number of hydrogen-bond donors (Lipinski definition) is 3. The molecule has 1 aromatic carbocycles. The van der Waals surface area contributed by atoms with Crippen molar-refractivity contribution in [2.75, 3.05) is 32.7 Å². The second-order valence-corrected chi connectivity index (χ2v) is 7.95. The third-order valence-electron chi connectivity index (χ3n) is 5.24. The molecule has 1 amide bonds. The molecule has 8 heteroatoms. The highest BCUT2D eigenvalue weighted by molar-refractivity contribution is 7.71. The van der Waals surface area contributed by atoms with Crippen molar-refractivity contribution in [2.45, 2.75) is 32.0 Å². The zero-order valence-electron chi connectivity index (χ0n) is 15.4. The molecule has 0 spiro atoms. The standard InChI is InChI=1S/C19H25N5O2S/c25-17(20-16-6-7-16)13-22-8-10-23(11-9-22)14-24-19(27)26-18(21-24)12-15-4-2-1-3-5-15/h1-5,16H,6-14H2,(H,20,25)/p+2. The lowest BCUT2D eigenvalue weighted by Gasteiger charge is -2.28. The summed E-state index contributed by atoms with van der Waals surface area (Å²) in [5.41, 5.74) is 1.16. The molecule has 144 valence electrons. The van der Waals surface area contributed by atoms with Crippen LogP contribution in [-0.4, -0.2) is 54.5 Å². The van der Waals surface area contributed by atoms with Crippen molar-refractivity contribution < 1.29 is 19.0 Å². The Morgan fingerprint density at radius 3 is 2.59 bits per heavy atom. The highest BCUT2D eigenvalue weighted by Crippen LogP contribution is 2.18. The molecule has 1 aromatic heterocycles. The average Bonchev–Trinajstić information content (AvgIpc) is 3.40. The number of quaternary nitrogens is 2. The van der Waals surface area contributed by atoms with Crippen molar-refractivity contribution in [1.29, 1.82) is 0 Å². The maximum atomic E-state index is 12.0. The Labute approximate surface area is 163 Å². The molecule has 1 saturated heterocycles. The predicted molar refractivity (Wildman–Crippen MR) is 102 cm³/mol. The van der Waals surface area contributed by atoms with E-state index in [9.17, 15) is 4.79 Å². The van der Waals surface area contributed by atoms with E-state index in [1.165, 1.54) is 9.80 Å². The van der Waals surface area contributed by atoms with Gasteiger partial charge in [-0.05, 0) is 30.6 Å². The van der Waals surface area contributed by atoms with Crippen LogP contribution in [0, 0.1) is 4.84 Å². The van der Waals surface area contributed by atoms with Crippen LogP contribution in [-0.2, 0) is 17.9 Å². The van der Waals surface area contributed by atoms with E-state index in [-0.39, 0.29) is 5.91 Å². The molecule has 2 aromatic rings. The number of aromatic nitrogens is 2. The normalized spacial score (nSPS) is 22.5. The molecule has 2 aliphatic rings. The summed E-state index contributed by atoms with van der Waals surface area (Å²) in [6.07, 6.45) is 2.94. The molecule has 2 heterocycles. The molecule has 1 aliphatic carbocycles. The Morgan fingerprint density at radius 2 is 1.89 bits per heavy atom. The van der Waals surface area contributed by atoms with Crippen LogP contribution in [0.4, 0.5) is 0 Å². The smallest absolute Gasteiger partial charge is 0.291 e. The molecule has 0 unspecified atom stereocenters. The molecule has 0 atom stereocenters. The molecule has 27 heavy (non-hydrogen) atoms. The van der Waals surface area contributed by atoms with E-state index >= 15 is 0 Å². The number of piperazine rings is 1. The number of nitrogens with one attached hydrogen (secondary N) is 3. The van der Waals surface area contributed by atoms with Gasteiger partial charge in [0.25, 0.3) is 10.7 Å². The lowest BCUT2D eigenvalue weighted by atomic mass is 10.2. The van der Waals surface area contributed by atoms with Crippen LogP contribution >= 0.6 is 12.2 Å². The largest absolute Gasteiger partial charge is 0.413 e. The number of amides is 1. The Bertz CT molecular complexity index is 822. The topological polar surface area (TPSA) is 68.9 Å². The summed E-state index contributed by atoms with van der Waals surface area (Å²) >= 11 is 5.35. The van der Waals surface area contributed by atoms with Crippen molar-refractivity contribution >= 4 is 18.1 Å². The molecule has 2 fully saturated rings. The third kappa shape index (κ3) is 5.24. The highest BCUT2D eigenvalue weighted by atomic mass is 32.1. The third-order valence-corrected chi connectivity index (χ3v) is 5.53. The Kier molecular flexibility index (Phi) is 5.66. The summed E-state index contributed by atoms with van der Waals surface area (Å²) in [4.78, 5) is 15.2. The van der Waals surface area contributed by atoms with Gasteiger partial charge in [0, 0.05) is 6.04 Å². The van der Waals surface area contributed by atoms with Gasteiger partial charge in [-0.3, -0.25) is 4.79 Å². The van der Waals surface area contributed by atoms with Crippen molar-refractivity contribution in [1.82, 2.24) is 15.1 Å². The number of rotatable bonds is 7. The quantitative estimate of drug-likeness (QED) is 0.522. The van der Waals surface area contributed by atoms with Crippen LogP contribution in [0.15, 0.2) is 34.7 Å². The first kappa shape index (κ1) is 18.3. The fourth-order valence-corrected chi connectivity index (χ4v) is 3.73. The fraction of sp³-hybridized carbons (Fsp3) is 0.526. The number of carbonyl (C=O) groups is 1. The van der Waals surface area contributed by atoms with Crippen LogP contribution in [0.5, 0.6) is 0 Å². The number of benzene rings is 1. The minimum Gasteiger partial charge on any atom is -0.413 e. The summed E-state index contributed by atoms with van der Waals surface area (Å²) in [5.74, 6) is 0.854. The number of hydrogen-bond acceptors (Lipinski definition) is 4. The Balaban J connectivity index is 1.26. The van der Waals surface area contributed by atoms with Crippen molar-refractivity contribution in [3.8, 4) is 0 Å². The van der Waals surface area contributed by atoms with E-state index in [4.69, 9.17) is 16.6 Å². The molecule has 1 aliphatic heterocycles. The lowest BCUT2D eigenvalue weighted by Crippen LogP contribution is -3.28. The minimum absolute atomic E-state index is 0.195. The Hall–Kier alpha value is -2.03. The maximum Gasteiger partial charge on any atom is 0.291 e. The zero-order valence-corrected chi connectivity index (χ0v) is 16.3. The van der Waals surface area contributed by atoms with E-state index < -0.39 is 0 Å². The maximum absolute atomic E-state index is 12.0. The molecule has 7 nitrogen and oxygen atoms in total. The molecular formula is C19H27N5O2S+2. The van der Waals surface area contributed by atoms with Gasteiger partial charge in [-0.1, -0.05) is 30.3 Å². The van der Waals surface area contributed by atoms with Crippen molar-refractivity contribution in [3.63, 3.8) is 0 Å². The Morgan fingerprint density at radius 1 is 1.19 bits per heavy atom. The monoisotopic (exact) mass is 389 g/mol. The van der Waals surface area contributed by atoms with Crippen LogP contribution in [0.1, 0.15) is 24.3 Å². The lowest BCUT2D eigenvalue weighted by molar-refractivity contribution is -1.02. The molecule has 0 radical (unpaired) electrons. The molecule has 0 bridgehead atoms. The van der Waals surface area contributed by atoms with E-state index in [0.29, 0.717) is 29.7 Å². The van der Waals surface area contributed by atoms with Gasteiger partial charge in [0.15, 0.2) is 13.2 Å². The SMILES string of the molecule is O=C(C[NH+]1CC[NH+](Cn2nc(Cc3ccccc3)oc2=S)CC1)NC1CC1. The van der Waals surface area contributed by atoms with Crippen LogP contribution < -0.4 is 15.1 Å². The summed E-state index contributed by atoms with van der Waals surface area (Å²) in [7, 11) is 0. The van der Waals surface area contributed by atoms with E-state index in [2.05, 4.69) is 22.5 Å². The first-order valence-electron chi connectivity index (χ1n) is 9.73. The summed E-state index contributed by atoms with van der Waals surface area (Å²) in [5, 5.41) is 7.64. The van der Waals surface area contributed by atoms with Gasteiger partial charge in [-0.2, -0.15) is 4.68 Å². The van der Waals surface area contributed by atoms with Crippen molar-refractivity contribution in [3.05, 3.63) is 46.6 Å². The highest BCUT2D eigenvalue weighted by Gasteiger charge is 2.28. The second kappa shape index (κ2) is 8.33. The van der Waals surface area contributed by atoms with Gasteiger partial charge in [0.05, 0.1) is 6.42 Å². The average molecular weight is 390 g/mol. The zero-order chi connectivity index (χ0) is 18.6. The first-order chi connectivity index (χ1) is 13.2. The van der Waals surface area contributed by atoms with Crippen LogP contribution in [0.3, 0.4) is 0 Å².